The molecule has 3 heteroatoms. The molecule has 0 spiro atoms. The van der Waals surface area contributed by atoms with E-state index in [4.69, 9.17) is 4.74 Å². The molecule has 0 amide bonds. The Bertz CT molecular complexity index is 676. The van der Waals surface area contributed by atoms with Crippen LogP contribution in [0.1, 0.15) is 36.5 Å². The Kier molecular flexibility index (Phi) is 3.73. The molecule has 2 aromatic rings. The van der Waals surface area contributed by atoms with Gasteiger partial charge in [-0.2, -0.15) is 0 Å². The highest BCUT2D eigenvalue weighted by atomic mass is 16.5. The number of aromatic hydroxyl groups is 2. The molecule has 116 valence electrons. The van der Waals surface area contributed by atoms with E-state index in [0.29, 0.717) is 17.6 Å². The summed E-state index contributed by atoms with van der Waals surface area (Å²) in [6.07, 6.45) is 0.988. The molecule has 1 aliphatic carbocycles. The van der Waals surface area contributed by atoms with Crippen LogP contribution in [-0.4, -0.2) is 17.3 Å². The zero-order valence-corrected chi connectivity index (χ0v) is 13.2. The Hall–Kier alpha value is -2.16. The van der Waals surface area contributed by atoms with E-state index in [-0.39, 0.29) is 17.4 Å². The van der Waals surface area contributed by atoms with Gasteiger partial charge >= 0.3 is 0 Å². The smallest absolute Gasteiger partial charge is 0.160 e. The van der Waals surface area contributed by atoms with Gasteiger partial charge in [0, 0.05) is 5.92 Å². The van der Waals surface area contributed by atoms with Crippen LogP contribution >= 0.6 is 0 Å². The van der Waals surface area contributed by atoms with Crippen LogP contribution in [0.2, 0.25) is 0 Å². The maximum atomic E-state index is 10.2. The first-order valence-corrected chi connectivity index (χ1v) is 7.70. The molecule has 0 radical (unpaired) electrons. The lowest BCUT2D eigenvalue weighted by atomic mass is 9.68. The fourth-order valence-electron chi connectivity index (χ4n) is 3.57. The van der Waals surface area contributed by atoms with Crippen molar-refractivity contribution < 1.29 is 14.9 Å². The molecular formula is C19H22O3. The van der Waals surface area contributed by atoms with Gasteiger partial charge in [-0.3, -0.25) is 0 Å². The molecule has 2 aromatic carbocycles. The number of benzene rings is 2. The zero-order valence-electron chi connectivity index (χ0n) is 13.2. The fraction of sp³-hybridized carbons (Fsp3) is 0.368. The molecule has 3 atom stereocenters. The van der Waals surface area contributed by atoms with Gasteiger partial charge < -0.3 is 14.9 Å². The van der Waals surface area contributed by atoms with Gasteiger partial charge in [0.15, 0.2) is 11.5 Å². The summed E-state index contributed by atoms with van der Waals surface area (Å²) in [5, 5.41) is 19.7. The van der Waals surface area contributed by atoms with Gasteiger partial charge in [0.05, 0.1) is 7.11 Å². The normalized spacial score (nSPS) is 23.9. The van der Waals surface area contributed by atoms with E-state index in [2.05, 4.69) is 13.8 Å². The van der Waals surface area contributed by atoms with Gasteiger partial charge in [-0.1, -0.05) is 26.0 Å². The predicted molar refractivity (Wildman–Crippen MR) is 86.6 cm³/mol. The lowest BCUT2D eigenvalue weighted by molar-refractivity contribution is 0.320. The van der Waals surface area contributed by atoms with E-state index in [0.717, 1.165) is 12.0 Å². The Morgan fingerprint density at radius 2 is 1.73 bits per heavy atom. The van der Waals surface area contributed by atoms with E-state index in [9.17, 15) is 10.2 Å². The number of fused-ring (bicyclic) bond motifs is 1. The highest BCUT2D eigenvalue weighted by molar-refractivity contribution is 5.52. The van der Waals surface area contributed by atoms with Crippen molar-refractivity contribution in [2.45, 2.75) is 26.2 Å². The summed E-state index contributed by atoms with van der Waals surface area (Å²) in [5.41, 5.74) is 3.57. The molecule has 3 nitrogen and oxygen atoms in total. The third kappa shape index (κ3) is 2.41. The highest BCUT2D eigenvalue weighted by Gasteiger charge is 2.33. The van der Waals surface area contributed by atoms with Crippen molar-refractivity contribution in [2.75, 3.05) is 7.11 Å². The van der Waals surface area contributed by atoms with Gasteiger partial charge in [-0.05, 0) is 59.2 Å². The van der Waals surface area contributed by atoms with Crippen LogP contribution in [0.4, 0.5) is 0 Å². The molecule has 0 heterocycles. The minimum Gasteiger partial charge on any atom is -0.508 e. The Morgan fingerprint density at radius 1 is 1.05 bits per heavy atom. The van der Waals surface area contributed by atoms with Gasteiger partial charge in [0.2, 0.25) is 0 Å². The summed E-state index contributed by atoms with van der Waals surface area (Å²) in [6.45, 7) is 4.52. The summed E-state index contributed by atoms with van der Waals surface area (Å²) in [7, 11) is 1.58. The standard InChI is InChI=1S/C19H22O3/c1-11-8-14-9-18(22-3)17(21)10-16(14)19(12(11)2)13-4-6-15(20)7-5-13/h4-7,9-12,19-21H,8H2,1-3H3/t11-,12+,19+/m0/s1. The first-order valence-electron chi connectivity index (χ1n) is 7.70. The van der Waals surface area contributed by atoms with Crippen LogP contribution in [0.5, 0.6) is 17.2 Å². The molecule has 0 aromatic heterocycles. The molecule has 0 bridgehead atoms. The summed E-state index contributed by atoms with van der Waals surface area (Å²) < 4.78 is 5.25. The van der Waals surface area contributed by atoms with Crippen LogP contribution in [0.3, 0.4) is 0 Å². The molecule has 0 saturated carbocycles. The Balaban J connectivity index is 2.14. The molecular weight excluding hydrogens is 276 g/mol. The monoisotopic (exact) mass is 298 g/mol. The van der Waals surface area contributed by atoms with Crippen molar-refractivity contribution in [3.63, 3.8) is 0 Å². The van der Waals surface area contributed by atoms with E-state index in [1.165, 1.54) is 11.1 Å². The van der Waals surface area contributed by atoms with E-state index in [1.54, 1.807) is 19.2 Å². The number of methoxy groups -OCH3 is 1. The SMILES string of the molecule is COc1cc2c(cc1O)[C@@H](c1ccc(O)cc1)[C@H](C)[C@@H](C)C2. The van der Waals surface area contributed by atoms with Crippen molar-refractivity contribution in [1.29, 1.82) is 0 Å². The van der Waals surface area contributed by atoms with E-state index < -0.39 is 0 Å². The summed E-state index contributed by atoms with van der Waals surface area (Å²) >= 11 is 0. The van der Waals surface area contributed by atoms with E-state index >= 15 is 0 Å². The number of phenols is 2. The second kappa shape index (κ2) is 5.56. The van der Waals surface area contributed by atoms with Crippen molar-refractivity contribution >= 4 is 0 Å². The minimum absolute atomic E-state index is 0.187. The topological polar surface area (TPSA) is 49.7 Å². The predicted octanol–water partition coefficient (Wildman–Crippen LogP) is 4.07. The lowest BCUT2D eigenvalue weighted by Crippen LogP contribution is -2.26. The first kappa shape index (κ1) is 14.8. The third-order valence-electron chi connectivity index (χ3n) is 4.99. The van der Waals surface area contributed by atoms with Gasteiger partial charge in [-0.25, -0.2) is 0 Å². The molecule has 0 fully saturated rings. The second-order valence-electron chi connectivity index (χ2n) is 6.33. The lowest BCUT2D eigenvalue weighted by Gasteiger charge is -2.37. The average Bonchev–Trinajstić information content (AvgIpc) is 2.50. The second-order valence-corrected chi connectivity index (χ2v) is 6.33. The first-order chi connectivity index (χ1) is 10.5. The average molecular weight is 298 g/mol. The number of rotatable bonds is 2. The van der Waals surface area contributed by atoms with Gasteiger partial charge in [-0.15, -0.1) is 0 Å². The van der Waals surface area contributed by atoms with Gasteiger partial charge in [0.1, 0.15) is 5.75 Å². The van der Waals surface area contributed by atoms with Crippen molar-refractivity contribution in [3.8, 4) is 17.2 Å². The largest absolute Gasteiger partial charge is 0.508 e. The molecule has 1 aliphatic rings. The van der Waals surface area contributed by atoms with Crippen molar-refractivity contribution in [1.82, 2.24) is 0 Å². The zero-order chi connectivity index (χ0) is 15.9. The molecule has 3 rings (SSSR count). The van der Waals surface area contributed by atoms with Crippen LogP contribution < -0.4 is 4.74 Å². The quantitative estimate of drug-likeness (QED) is 0.878. The summed E-state index contributed by atoms with van der Waals surface area (Å²) in [5.74, 6) is 2.22. The number of hydrogen-bond acceptors (Lipinski definition) is 3. The van der Waals surface area contributed by atoms with Crippen LogP contribution in [-0.2, 0) is 6.42 Å². The Labute approximate surface area is 131 Å². The summed E-state index contributed by atoms with van der Waals surface area (Å²) in [4.78, 5) is 0. The number of hydrogen-bond donors (Lipinski definition) is 2. The molecule has 0 unspecified atom stereocenters. The molecule has 2 N–H and O–H groups in total. The Morgan fingerprint density at radius 3 is 2.36 bits per heavy atom. The van der Waals surface area contributed by atoms with Crippen LogP contribution in [0.25, 0.3) is 0 Å². The van der Waals surface area contributed by atoms with Crippen LogP contribution in [0, 0.1) is 11.8 Å². The highest BCUT2D eigenvalue weighted by Crippen LogP contribution is 2.46. The van der Waals surface area contributed by atoms with Gasteiger partial charge in [0.25, 0.3) is 0 Å². The summed E-state index contributed by atoms with van der Waals surface area (Å²) in [6, 6.07) is 11.2. The maximum Gasteiger partial charge on any atom is 0.160 e. The molecule has 0 saturated heterocycles. The number of phenolic OH excluding ortho intramolecular Hbond substituents is 2. The molecule has 0 aliphatic heterocycles. The van der Waals surface area contributed by atoms with Crippen molar-refractivity contribution in [3.05, 3.63) is 53.1 Å². The third-order valence-corrected chi connectivity index (χ3v) is 4.99. The molecule has 22 heavy (non-hydrogen) atoms. The minimum atomic E-state index is 0.187. The van der Waals surface area contributed by atoms with Crippen molar-refractivity contribution in [2.24, 2.45) is 11.8 Å². The van der Waals surface area contributed by atoms with E-state index in [1.807, 2.05) is 24.3 Å². The maximum absolute atomic E-state index is 10.2. The number of ether oxygens (including phenoxy) is 1. The van der Waals surface area contributed by atoms with Crippen LogP contribution in [0.15, 0.2) is 36.4 Å². The fourth-order valence-corrected chi connectivity index (χ4v) is 3.57.